The minimum absolute atomic E-state index is 0.0330. The Labute approximate surface area is 173 Å². The first-order valence-electron chi connectivity index (χ1n) is 10.2. The molecule has 29 heavy (non-hydrogen) atoms. The summed E-state index contributed by atoms with van der Waals surface area (Å²) in [6.07, 6.45) is 1.25. The zero-order valence-corrected chi connectivity index (χ0v) is 19.4. The van der Waals surface area contributed by atoms with Crippen LogP contribution < -0.4 is 11.1 Å². The van der Waals surface area contributed by atoms with Crippen LogP contribution in [0.4, 0.5) is 5.82 Å². The number of aromatic nitrogens is 3. The number of hydrogen-bond acceptors (Lipinski definition) is 7. The summed E-state index contributed by atoms with van der Waals surface area (Å²) in [5.74, 6) is -0.172. The van der Waals surface area contributed by atoms with Crippen LogP contribution in [-0.2, 0) is 13.9 Å². The highest BCUT2D eigenvalue weighted by Crippen LogP contribution is 2.43. The number of nitrogens with one attached hydrogen (secondary N) is 1. The lowest BCUT2D eigenvalue weighted by molar-refractivity contribution is -0.157. The first-order chi connectivity index (χ1) is 13.4. The molecule has 2 fully saturated rings. The molecule has 0 bridgehead atoms. The fraction of sp³-hybridized carbons (Fsp3) is 0.700. The van der Waals surface area contributed by atoms with Crippen molar-refractivity contribution < 1.29 is 13.9 Å². The Morgan fingerprint density at radius 3 is 2.62 bits per heavy atom. The van der Waals surface area contributed by atoms with E-state index in [1.54, 1.807) is 0 Å². The molecule has 160 valence electrons. The molecule has 0 spiro atoms. The summed E-state index contributed by atoms with van der Waals surface area (Å²) in [6.45, 7) is 15.8. The highest BCUT2D eigenvalue weighted by Gasteiger charge is 2.55. The van der Waals surface area contributed by atoms with E-state index < -0.39 is 14.1 Å². The molecule has 0 radical (unpaired) electrons. The molecule has 4 rings (SSSR count). The maximum Gasteiger partial charge on any atom is 0.192 e. The van der Waals surface area contributed by atoms with Gasteiger partial charge < -0.3 is 19.6 Å². The van der Waals surface area contributed by atoms with Crippen molar-refractivity contribution in [2.45, 2.75) is 82.8 Å². The highest BCUT2D eigenvalue weighted by atomic mass is 28.4. The van der Waals surface area contributed by atoms with E-state index in [0.29, 0.717) is 12.4 Å². The van der Waals surface area contributed by atoms with Crippen molar-refractivity contribution in [3.8, 4) is 0 Å². The molecule has 8 nitrogen and oxygen atoms in total. The molecular formula is C20H33N5O3Si. The lowest BCUT2D eigenvalue weighted by atomic mass is 10.1. The number of nitrogens with zero attached hydrogens (tertiary/aromatic N) is 3. The number of anilines is 1. The number of nitrogens with two attached hydrogens (primary N) is 1. The van der Waals surface area contributed by atoms with Crippen LogP contribution in [0.5, 0.6) is 0 Å². The van der Waals surface area contributed by atoms with Gasteiger partial charge >= 0.3 is 0 Å². The van der Waals surface area contributed by atoms with Gasteiger partial charge in [-0.15, -0.1) is 0 Å². The van der Waals surface area contributed by atoms with Crippen molar-refractivity contribution in [2.75, 3.05) is 12.3 Å². The fourth-order valence-electron chi connectivity index (χ4n) is 3.93. The van der Waals surface area contributed by atoms with Gasteiger partial charge in [0.25, 0.3) is 0 Å². The predicted octanol–water partition coefficient (Wildman–Crippen LogP) is 2.87. The van der Waals surface area contributed by atoms with Crippen molar-refractivity contribution in [1.29, 1.82) is 0 Å². The maximum atomic E-state index is 6.51. The van der Waals surface area contributed by atoms with Crippen molar-refractivity contribution >= 4 is 19.7 Å². The second-order valence-corrected chi connectivity index (χ2v) is 14.9. The third kappa shape index (κ3) is 3.59. The quantitative estimate of drug-likeness (QED) is 0.736. The van der Waals surface area contributed by atoms with E-state index >= 15 is 0 Å². The van der Waals surface area contributed by atoms with Gasteiger partial charge in [-0.05, 0) is 44.1 Å². The summed E-state index contributed by atoms with van der Waals surface area (Å²) >= 11 is 0. The molecule has 0 unspecified atom stereocenters. The van der Waals surface area contributed by atoms with E-state index in [0.717, 1.165) is 11.2 Å². The SMILES string of the molecule is CC1(C)O[C@@H]2[C@H](O1)[C@@H](CO[Si](C)(C)C(C)(C)C)N[C@H]2c1ccc2c(N)ncnn12. The van der Waals surface area contributed by atoms with Gasteiger partial charge in [0.05, 0.1) is 24.4 Å². The Bertz CT molecular complexity index is 907. The minimum Gasteiger partial charge on any atom is -0.415 e. The topological polar surface area (TPSA) is 95.9 Å². The molecule has 2 aliphatic heterocycles. The third-order valence-corrected chi connectivity index (χ3v) is 11.0. The van der Waals surface area contributed by atoms with Crippen molar-refractivity contribution in [3.63, 3.8) is 0 Å². The van der Waals surface area contributed by atoms with Crippen molar-refractivity contribution in [1.82, 2.24) is 19.9 Å². The minimum atomic E-state index is -1.87. The standard InChI is InChI=1S/C20H33N5O3Si/c1-19(2,3)29(6,7)26-10-12-16-17(28-20(4,5)27-16)15(24-12)13-8-9-14-18(21)22-11-23-25(13)14/h8-9,11-12,15-17,24H,10H2,1-7H3,(H2,21,22,23)/t12-,15+,16-,17+/m1/s1. The normalized spacial score (nSPS) is 29.5. The van der Waals surface area contributed by atoms with Crippen LogP contribution in [0.25, 0.3) is 5.52 Å². The van der Waals surface area contributed by atoms with Gasteiger partial charge in [-0.2, -0.15) is 5.10 Å². The molecule has 2 aliphatic rings. The largest absolute Gasteiger partial charge is 0.415 e. The zero-order valence-electron chi connectivity index (χ0n) is 18.4. The van der Waals surface area contributed by atoms with Gasteiger partial charge in [-0.25, -0.2) is 9.50 Å². The number of rotatable bonds is 4. The summed E-state index contributed by atoms with van der Waals surface area (Å²) in [7, 11) is -1.87. The average molecular weight is 420 g/mol. The van der Waals surface area contributed by atoms with Crippen molar-refractivity contribution in [3.05, 3.63) is 24.2 Å². The van der Waals surface area contributed by atoms with Crippen LogP contribution >= 0.6 is 0 Å². The Balaban J connectivity index is 1.62. The highest BCUT2D eigenvalue weighted by molar-refractivity contribution is 6.74. The first kappa shape index (κ1) is 20.7. The molecule has 0 amide bonds. The van der Waals surface area contributed by atoms with Gasteiger partial charge in [-0.1, -0.05) is 20.8 Å². The Kier molecular flexibility index (Phi) is 4.82. The molecule has 2 aromatic heterocycles. The van der Waals surface area contributed by atoms with Crippen LogP contribution in [0.2, 0.25) is 18.1 Å². The summed E-state index contributed by atoms with van der Waals surface area (Å²) < 4.78 is 20.9. The van der Waals surface area contributed by atoms with E-state index in [1.807, 2.05) is 30.5 Å². The molecule has 0 saturated carbocycles. The van der Waals surface area contributed by atoms with E-state index in [4.69, 9.17) is 19.6 Å². The van der Waals surface area contributed by atoms with Crippen LogP contribution in [0.15, 0.2) is 18.5 Å². The fourth-order valence-corrected chi connectivity index (χ4v) is 4.96. The average Bonchev–Trinajstić information content (AvgIpc) is 3.24. The molecule has 9 heteroatoms. The third-order valence-electron chi connectivity index (χ3n) is 6.54. The summed E-state index contributed by atoms with van der Waals surface area (Å²) in [5, 5.41) is 8.25. The van der Waals surface area contributed by atoms with Crippen LogP contribution in [0.1, 0.15) is 46.4 Å². The van der Waals surface area contributed by atoms with Crippen LogP contribution in [-0.4, -0.2) is 53.6 Å². The second kappa shape index (κ2) is 6.74. The predicted molar refractivity (Wildman–Crippen MR) is 114 cm³/mol. The molecule has 0 aliphatic carbocycles. The van der Waals surface area contributed by atoms with Gasteiger partial charge in [0.15, 0.2) is 19.9 Å². The van der Waals surface area contributed by atoms with Crippen molar-refractivity contribution in [2.24, 2.45) is 0 Å². The molecular weight excluding hydrogens is 386 g/mol. The van der Waals surface area contributed by atoms with E-state index in [1.165, 1.54) is 6.33 Å². The molecule has 0 aromatic carbocycles. The molecule has 4 heterocycles. The Morgan fingerprint density at radius 2 is 1.93 bits per heavy atom. The van der Waals surface area contributed by atoms with Gasteiger partial charge in [0, 0.05) is 0 Å². The van der Waals surface area contributed by atoms with Crippen LogP contribution in [0, 0.1) is 0 Å². The lowest BCUT2D eigenvalue weighted by Crippen LogP contribution is -2.47. The summed E-state index contributed by atoms with van der Waals surface area (Å²) in [4.78, 5) is 4.09. The molecule has 3 N–H and O–H groups in total. The molecule has 2 saturated heterocycles. The number of fused-ring (bicyclic) bond motifs is 2. The zero-order chi connectivity index (χ0) is 21.2. The summed E-state index contributed by atoms with van der Waals surface area (Å²) in [6, 6.07) is 3.93. The number of hydrogen-bond donors (Lipinski definition) is 2. The summed E-state index contributed by atoms with van der Waals surface area (Å²) in [5.41, 5.74) is 7.80. The van der Waals surface area contributed by atoms with E-state index in [9.17, 15) is 0 Å². The second-order valence-electron chi connectivity index (χ2n) is 10.1. The number of ether oxygens (including phenoxy) is 2. The Hall–Kier alpha value is -1.52. The van der Waals surface area contributed by atoms with Gasteiger partial charge in [0.1, 0.15) is 24.1 Å². The maximum absolute atomic E-state index is 6.51. The lowest BCUT2D eigenvalue weighted by Gasteiger charge is -2.37. The Morgan fingerprint density at radius 1 is 1.24 bits per heavy atom. The molecule has 2 aromatic rings. The first-order valence-corrected chi connectivity index (χ1v) is 13.1. The smallest absolute Gasteiger partial charge is 0.192 e. The monoisotopic (exact) mass is 419 g/mol. The number of nitrogen functional groups attached to an aromatic ring is 1. The van der Waals surface area contributed by atoms with Crippen LogP contribution in [0.3, 0.4) is 0 Å². The van der Waals surface area contributed by atoms with Gasteiger partial charge in [0.2, 0.25) is 0 Å². The van der Waals surface area contributed by atoms with Gasteiger partial charge in [-0.3, -0.25) is 5.32 Å². The molecule has 4 atom stereocenters. The van der Waals surface area contributed by atoms with E-state index in [2.05, 4.69) is 49.3 Å². The van der Waals surface area contributed by atoms with E-state index in [-0.39, 0.29) is 29.3 Å².